The summed E-state index contributed by atoms with van der Waals surface area (Å²) < 4.78 is 5.94. The predicted octanol–water partition coefficient (Wildman–Crippen LogP) is 4.05. The SMILES string of the molecule is COC(=O)Cc1nc(-c2sc3ccccc3c2C)cs1. The standard InChI is InChI=1S/C15H13NO2S2/c1-9-10-5-3-4-6-12(10)20-15(9)11-8-19-13(16-11)7-14(17)18-2/h3-6,8H,7H2,1-2H3. The number of esters is 1. The highest BCUT2D eigenvalue weighted by Crippen LogP contribution is 2.38. The molecule has 0 aliphatic carbocycles. The van der Waals surface area contributed by atoms with Gasteiger partial charge in [0.1, 0.15) is 5.01 Å². The molecule has 0 amide bonds. The zero-order valence-electron chi connectivity index (χ0n) is 11.2. The van der Waals surface area contributed by atoms with Gasteiger partial charge < -0.3 is 4.74 Å². The number of rotatable bonds is 3. The van der Waals surface area contributed by atoms with Crippen LogP contribution in [0.1, 0.15) is 10.6 Å². The van der Waals surface area contributed by atoms with Gasteiger partial charge in [-0.25, -0.2) is 4.98 Å². The van der Waals surface area contributed by atoms with Crippen LogP contribution in [0.3, 0.4) is 0 Å². The average molecular weight is 303 g/mol. The summed E-state index contributed by atoms with van der Waals surface area (Å²) in [7, 11) is 1.40. The van der Waals surface area contributed by atoms with E-state index in [1.165, 1.54) is 39.0 Å². The van der Waals surface area contributed by atoms with Gasteiger partial charge in [0.05, 0.1) is 24.1 Å². The van der Waals surface area contributed by atoms with Crippen LogP contribution >= 0.6 is 22.7 Å². The van der Waals surface area contributed by atoms with E-state index in [0.29, 0.717) is 0 Å². The Morgan fingerprint density at radius 2 is 2.15 bits per heavy atom. The average Bonchev–Trinajstić information content (AvgIpc) is 3.04. The van der Waals surface area contributed by atoms with E-state index in [1.54, 1.807) is 11.3 Å². The molecule has 0 bridgehead atoms. The Bertz CT molecular complexity index is 773. The molecule has 0 spiro atoms. The third-order valence-corrected chi connectivity index (χ3v) is 5.30. The monoisotopic (exact) mass is 303 g/mol. The zero-order chi connectivity index (χ0) is 14.1. The lowest BCUT2D eigenvalue weighted by atomic mass is 10.1. The molecule has 0 atom stereocenters. The van der Waals surface area contributed by atoms with Gasteiger partial charge in [0.2, 0.25) is 0 Å². The third-order valence-electron chi connectivity index (χ3n) is 3.15. The molecule has 0 unspecified atom stereocenters. The van der Waals surface area contributed by atoms with Gasteiger partial charge in [-0.3, -0.25) is 4.79 Å². The first kappa shape index (κ1) is 13.3. The van der Waals surface area contributed by atoms with Crippen LogP contribution in [0, 0.1) is 6.92 Å². The minimum Gasteiger partial charge on any atom is -0.469 e. The van der Waals surface area contributed by atoms with Crippen molar-refractivity contribution in [3.8, 4) is 10.6 Å². The van der Waals surface area contributed by atoms with E-state index in [0.717, 1.165) is 10.7 Å². The van der Waals surface area contributed by atoms with E-state index in [4.69, 9.17) is 0 Å². The molecular weight excluding hydrogens is 290 g/mol. The Morgan fingerprint density at radius 1 is 1.35 bits per heavy atom. The number of benzene rings is 1. The van der Waals surface area contributed by atoms with Gasteiger partial charge in [0.15, 0.2) is 0 Å². The molecule has 0 saturated heterocycles. The topological polar surface area (TPSA) is 39.2 Å². The quantitative estimate of drug-likeness (QED) is 0.685. The number of carbonyl (C=O) groups is 1. The first-order valence-electron chi connectivity index (χ1n) is 6.18. The molecule has 0 N–H and O–H groups in total. The third kappa shape index (κ3) is 2.34. The van der Waals surface area contributed by atoms with Crippen LogP contribution in [0.4, 0.5) is 0 Å². The lowest BCUT2D eigenvalue weighted by Crippen LogP contribution is -2.03. The second-order valence-corrected chi connectivity index (χ2v) is 6.43. The molecule has 2 heterocycles. The highest BCUT2D eigenvalue weighted by atomic mass is 32.1. The Balaban J connectivity index is 1.99. The summed E-state index contributed by atoms with van der Waals surface area (Å²) >= 11 is 3.24. The molecule has 0 aliphatic heterocycles. The van der Waals surface area contributed by atoms with Gasteiger partial charge in [-0.05, 0) is 23.9 Å². The van der Waals surface area contributed by atoms with Crippen molar-refractivity contribution in [1.29, 1.82) is 0 Å². The Labute approximate surface area is 124 Å². The summed E-state index contributed by atoms with van der Waals surface area (Å²) in [6.07, 6.45) is 0.241. The second-order valence-electron chi connectivity index (χ2n) is 4.43. The second kappa shape index (κ2) is 5.34. The smallest absolute Gasteiger partial charge is 0.312 e. The number of methoxy groups -OCH3 is 1. The summed E-state index contributed by atoms with van der Waals surface area (Å²) in [5.41, 5.74) is 2.20. The van der Waals surface area contributed by atoms with Gasteiger partial charge >= 0.3 is 5.97 Å². The van der Waals surface area contributed by atoms with Gasteiger partial charge in [0.25, 0.3) is 0 Å². The lowest BCUT2D eigenvalue weighted by Gasteiger charge is -1.95. The molecule has 20 heavy (non-hydrogen) atoms. The minimum absolute atomic E-state index is 0.241. The first-order valence-corrected chi connectivity index (χ1v) is 7.88. The largest absolute Gasteiger partial charge is 0.469 e. The number of hydrogen-bond acceptors (Lipinski definition) is 5. The maximum atomic E-state index is 11.3. The van der Waals surface area contributed by atoms with Crippen molar-refractivity contribution < 1.29 is 9.53 Å². The Morgan fingerprint density at radius 3 is 2.90 bits per heavy atom. The van der Waals surface area contributed by atoms with Crippen LogP contribution in [-0.4, -0.2) is 18.1 Å². The van der Waals surface area contributed by atoms with Gasteiger partial charge in [-0.15, -0.1) is 22.7 Å². The first-order chi connectivity index (χ1) is 9.69. The van der Waals surface area contributed by atoms with Gasteiger partial charge in [0, 0.05) is 10.1 Å². The number of thiazole rings is 1. The van der Waals surface area contributed by atoms with Crippen molar-refractivity contribution in [3.63, 3.8) is 0 Å². The summed E-state index contributed by atoms with van der Waals surface area (Å²) in [5.74, 6) is -0.251. The van der Waals surface area contributed by atoms with Crippen LogP contribution in [0.5, 0.6) is 0 Å². The van der Waals surface area contributed by atoms with Crippen molar-refractivity contribution in [2.45, 2.75) is 13.3 Å². The molecule has 0 radical (unpaired) electrons. The number of aryl methyl sites for hydroxylation is 1. The van der Waals surface area contributed by atoms with E-state index in [9.17, 15) is 4.79 Å². The number of hydrogen-bond donors (Lipinski definition) is 0. The minimum atomic E-state index is -0.251. The normalized spacial score (nSPS) is 10.9. The number of thiophene rings is 1. The maximum Gasteiger partial charge on any atom is 0.312 e. The number of aromatic nitrogens is 1. The molecule has 102 valence electrons. The molecule has 5 heteroatoms. The van der Waals surface area contributed by atoms with Crippen LogP contribution in [0.15, 0.2) is 29.6 Å². The molecule has 2 aromatic heterocycles. The summed E-state index contributed by atoms with van der Waals surface area (Å²) in [4.78, 5) is 17.0. The molecule has 0 fully saturated rings. The predicted molar refractivity (Wildman–Crippen MR) is 83.4 cm³/mol. The van der Waals surface area contributed by atoms with E-state index in [1.807, 2.05) is 11.4 Å². The molecule has 3 aromatic rings. The fraction of sp³-hybridized carbons (Fsp3) is 0.200. The zero-order valence-corrected chi connectivity index (χ0v) is 12.8. The highest BCUT2D eigenvalue weighted by Gasteiger charge is 2.14. The fourth-order valence-corrected chi connectivity index (χ4v) is 4.13. The summed E-state index contributed by atoms with van der Waals surface area (Å²) in [5, 5.41) is 4.08. The lowest BCUT2D eigenvalue weighted by molar-refractivity contribution is -0.139. The van der Waals surface area contributed by atoms with Crippen molar-refractivity contribution in [2.75, 3.05) is 7.11 Å². The van der Waals surface area contributed by atoms with Crippen LogP contribution < -0.4 is 0 Å². The molecule has 3 rings (SSSR count). The molecule has 0 aliphatic rings. The Hall–Kier alpha value is -1.72. The van der Waals surface area contributed by atoms with E-state index >= 15 is 0 Å². The molecular formula is C15H13NO2S2. The van der Waals surface area contributed by atoms with E-state index in [-0.39, 0.29) is 12.4 Å². The van der Waals surface area contributed by atoms with Crippen molar-refractivity contribution in [3.05, 3.63) is 40.2 Å². The van der Waals surface area contributed by atoms with E-state index < -0.39 is 0 Å². The maximum absolute atomic E-state index is 11.3. The van der Waals surface area contributed by atoms with Gasteiger partial charge in [-0.2, -0.15) is 0 Å². The van der Waals surface area contributed by atoms with Crippen LogP contribution in [0.2, 0.25) is 0 Å². The van der Waals surface area contributed by atoms with Crippen LogP contribution in [-0.2, 0) is 16.0 Å². The highest BCUT2D eigenvalue weighted by molar-refractivity contribution is 7.22. The Kier molecular flexibility index (Phi) is 3.54. The number of fused-ring (bicyclic) bond motifs is 1. The summed E-state index contributed by atoms with van der Waals surface area (Å²) in [6.45, 7) is 2.12. The fourth-order valence-electron chi connectivity index (χ4n) is 2.11. The van der Waals surface area contributed by atoms with Crippen molar-refractivity contribution in [1.82, 2.24) is 4.98 Å². The number of carbonyl (C=O) groups excluding carboxylic acids is 1. The number of ether oxygens (including phenoxy) is 1. The van der Waals surface area contributed by atoms with Crippen molar-refractivity contribution in [2.24, 2.45) is 0 Å². The summed E-state index contributed by atoms with van der Waals surface area (Å²) in [6, 6.07) is 8.35. The number of nitrogens with zero attached hydrogens (tertiary/aromatic N) is 1. The molecule has 3 nitrogen and oxygen atoms in total. The van der Waals surface area contributed by atoms with E-state index in [2.05, 4.69) is 34.8 Å². The molecule has 1 aromatic carbocycles. The molecule has 0 saturated carbocycles. The van der Waals surface area contributed by atoms with Crippen molar-refractivity contribution >= 4 is 38.7 Å². The van der Waals surface area contributed by atoms with Gasteiger partial charge in [-0.1, -0.05) is 18.2 Å². The van der Waals surface area contributed by atoms with Crippen LogP contribution in [0.25, 0.3) is 20.7 Å².